The van der Waals surface area contributed by atoms with E-state index in [0.717, 1.165) is 0 Å². The van der Waals surface area contributed by atoms with Crippen LogP contribution < -0.4 is 16.4 Å². The van der Waals surface area contributed by atoms with Gasteiger partial charge in [-0.25, -0.2) is 0 Å². The molecule has 3 heteroatoms. The average molecular weight is 641 g/mol. The van der Waals surface area contributed by atoms with Gasteiger partial charge in [0.05, 0.1) is 22.1 Å². The maximum atomic E-state index is 2.62. The van der Waals surface area contributed by atoms with Crippen molar-refractivity contribution in [2.45, 2.75) is 0 Å². The summed E-state index contributed by atoms with van der Waals surface area (Å²) in [6, 6.07) is 57.6. The fourth-order valence-electron chi connectivity index (χ4n) is 10.8. The van der Waals surface area contributed by atoms with Gasteiger partial charge in [-0.15, -0.1) is 0 Å². The summed E-state index contributed by atoms with van der Waals surface area (Å²) in [4.78, 5) is 0. The highest BCUT2D eigenvalue weighted by atomic mass is 15.0. The minimum atomic E-state index is 0.0883. The Hall–Kier alpha value is -6.58. The normalized spacial score (nSPS) is 13.5. The van der Waals surface area contributed by atoms with Crippen LogP contribution in [-0.4, -0.2) is 15.8 Å². The van der Waals surface area contributed by atoms with Crippen LogP contribution in [0.2, 0.25) is 0 Å². The molecule has 0 spiro atoms. The van der Waals surface area contributed by atoms with Gasteiger partial charge in [0.2, 0.25) is 0 Å². The van der Waals surface area contributed by atoms with Crippen LogP contribution in [0.25, 0.3) is 110 Å². The van der Waals surface area contributed by atoms with Gasteiger partial charge in [-0.3, -0.25) is 0 Å². The van der Waals surface area contributed by atoms with Crippen LogP contribution in [0.1, 0.15) is 0 Å². The van der Waals surface area contributed by atoms with Crippen LogP contribution in [0.4, 0.5) is 0 Å². The predicted molar refractivity (Wildman–Crippen MR) is 217 cm³/mol. The molecule has 2 nitrogen and oxygen atoms in total. The number of fused-ring (bicyclic) bond motifs is 15. The number of hydrogen-bond donors (Lipinski definition) is 0. The lowest BCUT2D eigenvalue weighted by Crippen LogP contribution is -2.59. The van der Waals surface area contributed by atoms with Crippen LogP contribution in [0, 0.1) is 0 Å². The summed E-state index contributed by atoms with van der Waals surface area (Å²) in [6.07, 6.45) is 0. The van der Waals surface area contributed by atoms with E-state index in [9.17, 15) is 0 Å². The van der Waals surface area contributed by atoms with Gasteiger partial charge >= 0.3 is 0 Å². The van der Waals surface area contributed by atoms with E-state index in [-0.39, 0.29) is 6.71 Å². The van der Waals surface area contributed by atoms with Gasteiger partial charge in [-0.05, 0) is 95.2 Å². The molecule has 0 saturated carbocycles. The highest BCUT2D eigenvalue weighted by molar-refractivity contribution is 7.00. The number of rotatable bonds is 0. The van der Waals surface area contributed by atoms with Crippen molar-refractivity contribution in [1.82, 2.24) is 9.13 Å². The van der Waals surface area contributed by atoms with Gasteiger partial charge in [-0.1, -0.05) is 127 Å². The van der Waals surface area contributed by atoms with E-state index in [4.69, 9.17) is 0 Å². The van der Waals surface area contributed by atoms with Crippen molar-refractivity contribution in [3.63, 3.8) is 0 Å². The molecule has 0 amide bonds. The van der Waals surface area contributed by atoms with Crippen LogP contribution in [0.5, 0.6) is 0 Å². The zero-order valence-corrected chi connectivity index (χ0v) is 27.4. The molecule has 1 aliphatic carbocycles. The fourth-order valence-corrected chi connectivity index (χ4v) is 10.8. The molecular formula is C48H25BN2. The molecular weight excluding hydrogens is 615 g/mol. The van der Waals surface area contributed by atoms with E-state index in [0.29, 0.717) is 0 Å². The van der Waals surface area contributed by atoms with Crippen molar-refractivity contribution in [2.24, 2.45) is 0 Å². The molecule has 11 aromatic rings. The van der Waals surface area contributed by atoms with Crippen molar-refractivity contribution in [3.8, 4) is 33.6 Å². The molecule has 14 rings (SSSR count). The molecule has 0 bridgehead atoms. The maximum Gasteiger partial charge on any atom is 0.252 e. The van der Waals surface area contributed by atoms with Crippen LogP contribution in [0.15, 0.2) is 152 Å². The average Bonchev–Trinajstić information content (AvgIpc) is 3.69. The highest BCUT2D eigenvalue weighted by Gasteiger charge is 2.42. The summed E-state index contributed by atoms with van der Waals surface area (Å²) < 4.78 is 5.22. The minimum absolute atomic E-state index is 0.0883. The zero-order valence-electron chi connectivity index (χ0n) is 27.4. The summed E-state index contributed by atoms with van der Waals surface area (Å²) in [6.45, 7) is 0.0883. The largest absolute Gasteiger partial charge is 0.310 e. The van der Waals surface area contributed by atoms with E-state index in [1.807, 2.05) is 0 Å². The van der Waals surface area contributed by atoms with Gasteiger partial charge in [0.1, 0.15) is 0 Å². The third-order valence-corrected chi connectivity index (χ3v) is 12.6. The van der Waals surface area contributed by atoms with Crippen molar-refractivity contribution in [3.05, 3.63) is 152 Å². The summed E-state index contributed by atoms with van der Waals surface area (Å²) in [5.74, 6) is 0. The quantitative estimate of drug-likeness (QED) is 0.146. The third kappa shape index (κ3) is 2.72. The van der Waals surface area contributed by atoms with Crippen molar-refractivity contribution >= 4 is 99.0 Å². The van der Waals surface area contributed by atoms with Crippen LogP contribution >= 0.6 is 0 Å². The molecule has 0 N–H and O–H groups in total. The molecule has 3 aliphatic rings. The molecule has 0 atom stereocenters. The second kappa shape index (κ2) is 8.41. The Balaban J connectivity index is 1.26. The Kier molecular flexibility index (Phi) is 4.19. The summed E-state index contributed by atoms with van der Waals surface area (Å²) in [5.41, 5.74) is 17.3. The van der Waals surface area contributed by atoms with E-state index in [1.54, 1.807) is 0 Å². The molecule has 0 fully saturated rings. The third-order valence-electron chi connectivity index (χ3n) is 12.6. The summed E-state index contributed by atoms with van der Waals surface area (Å²) in [5, 5.41) is 13.4. The zero-order chi connectivity index (χ0) is 32.7. The first-order valence-corrected chi connectivity index (χ1v) is 18.0. The monoisotopic (exact) mass is 640 g/mol. The van der Waals surface area contributed by atoms with E-state index < -0.39 is 0 Å². The van der Waals surface area contributed by atoms with Gasteiger partial charge < -0.3 is 9.13 Å². The van der Waals surface area contributed by atoms with Crippen LogP contribution in [-0.2, 0) is 0 Å². The molecule has 4 heterocycles. The Morgan fingerprint density at radius 3 is 1.69 bits per heavy atom. The SMILES string of the molecule is c1ccc2c(c1)-c1cccc3cc4c5c(c13)c1c-2cccc1n5-c1cccc2c1B4c1cc3ccccc3c3c4c5ccccc5ccc4n-2c13. The lowest BCUT2D eigenvalue weighted by Gasteiger charge is -2.34. The Morgan fingerprint density at radius 1 is 0.353 bits per heavy atom. The first-order chi connectivity index (χ1) is 25.3. The van der Waals surface area contributed by atoms with Crippen molar-refractivity contribution in [2.75, 3.05) is 0 Å². The van der Waals surface area contributed by atoms with Gasteiger partial charge in [-0.2, -0.15) is 0 Å². The standard InChI is InChI=1S/C48H25BN2/c1-3-13-29-26(10-1)22-23-38-42(29)44-30-14-4-2-11-27(30)24-35-47(44)51(38)40-21-9-20-39-46(40)49(35)36-25-28-12-7-17-33-31-15-5-6-16-32(31)34-18-8-19-37-43(34)45(41(28)33)48(36)50(37)39/h1-25H. The summed E-state index contributed by atoms with van der Waals surface area (Å²) in [7, 11) is 0. The predicted octanol–water partition coefficient (Wildman–Crippen LogP) is 10.1. The van der Waals surface area contributed by atoms with Gasteiger partial charge in [0.25, 0.3) is 6.71 Å². The number of nitrogens with zero attached hydrogens (tertiary/aromatic N) is 2. The first kappa shape index (κ1) is 25.4. The molecule has 2 aromatic heterocycles. The number of hydrogen-bond acceptors (Lipinski definition) is 0. The second-order valence-corrected chi connectivity index (χ2v) is 14.7. The van der Waals surface area contributed by atoms with Crippen molar-refractivity contribution < 1.29 is 0 Å². The van der Waals surface area contributed by atoms with Crippen molar-refractivity contribution in [1.29, 1.82) is 0 Å². The topological polar surface area (TPSA) is 9.86 Å². The molecule has 51 heavy (non-hydrogen) atoms. The lowest BCUT2D eigenvalue weighted by molar-refractivity contribution is 1.14. The van der Waals surface area contributed by atoms with E-state index in [2.05, 4.69) is 161 Å². The number of benzene rings is 9. The van der Waals surface area contributed by atoms with E-state index >= 15 is 0 Å². The van der Waals surface area contributed by atoms with Gasteiger partial charge in [0, 0.05) is 32.9 Å². The Bertz CT molecular complexity index is 3490. The maximum absolute atomic E-state index is 2.62. The first-order valence-electron chi connectivity index (χ1n) is 18.0. The van der Waals surface area contributed by atoms with Crippen LogP contribution in [0.3, 0.4) is 0 Å². The summed E-state index contributed by atoms with van der Waals surface area (Å²) >= 11 is 0. The molecule has 0 unspecified atom stereocenters. The fraction of sp³-hybridized carbons (Fsp3) is 0. The smallest absolute Gasteiger partial charge is 0.252 e. The molecule has 0 radical (unpaired) electrons. The molecule has 9 aromatic carbocycles. The van der Waals surface area contributed by atoms with Gasteiger partial charge in [0.15, 0.2) is 0 Å². The Morgan fingerprint density at radius 2 is 0.902 bits per heavy atom. The van der Waals surface area contributed by atoms with E-state index in [1.165, 1.54) is 126 Å². The highest BCUT2D eigenvalue weighted by Crippen LogP contribution is 2.50. The number of aromatic nitrogens is 2. The molecule has 0 saturated heterocycles. The second-order valence-electron chi connectivity index (χ2n) is 14.7. The Labute approximate surface area is 292 Å². The minimum Gasteiger partial charge on any atom is -0.310 e. The molecule has 2 aliphatic heterocycles. The molecule has 230 valence electrons. The lowest BCUT2D eigenvalue weighted by atomic mass is 9.34.